The number of aryl methyl sites for hydroxylation is 1. The standard InChI is InChI=1S/C15H21N7/c1-2-11-9-19-14(16)21-13(11)20-12-5-3-8-22(10-12)15-17-6-4-7-18-15/h4,6-7,9,12H,2-3,5,8,10H2,1H3,(H3,16,19,20,21). The molecule has 1 aliphatic rings. The van der Waals surface area contributed by atoms with Gasteiger partial charge in [0.15, 0.2) is 0 Å². The number of nitrogens with one attached hydrogen (secondary N) is 1. The monoisotopic (exact) mass is 299 g/mol. The van der Waals surface area contributed by atoms with Crippen molar-refractivity contribution in [1.29, 1.82) is 0 Å². The highest BCUT2D eigenvalue weighted by Crippen LogP contribution is 2.20. The van der Waals surface area contributed by atoms with Gasteiger partial charge < -0.3 is 16.0 Å². The Bertz CT molecular complexity index is 617. The molecule has 3 heterocycles. The average molecular weight is 299 g/mol. The van der Waals surface area contributed by atoms with Gasteiger partial charge in [0.2, 0.25) is 11.9 Å². The van der Waals surface area contributed by atoms with Gasteiger partial charge in [-0.15, -0.1) is 0 Å². The zero-order chi connectivity index (χ0) is 15.4. The second-order valence-electron chi connectivity index (χ2n) is 5.43. The summed E-state index contributed by atoms with van der Waals surface area (Å²) < 4.78 is 0. The molecule has 1 unspecified atom stereocenters. The minimum absolute atomic E-state index is 0.303. The Hall–Kier alpha value is -2.44. The fourth-order valence-corrected chi connectivity index (χ4v) is 2.73. The van der Waals surface area contributed by atoms with Crippen molar-refractivity contribution < 1.29 is 0 Å². The molecule has 7 heteroatoms. The van der Waals surface area contributed by atoms with Crippen LogP contribution in [-0.4, -0.2) is 39.1 Å². The van der Waals surface area contributed by atoms with Crippen molar-refractivity contribution >= 4 is 17.7 Å². The molecule has 2 aromatic rings. The molecule has 1 atom stereocenters. The van der Waals surface area contributed by atoms with E-state index in [4.69, 9.17) is 5.73 Å². The first-order valence-electron chi connectivity index (χ1n) is 7.66. The number of nitrogens with two attached hydrogens (primary N) is 1. The Morgan fingerprint density at radius 1 is 1.32 bits per heavy atom. The molecule has 7 nitrogen and oxygen atoms in total. The van der Waals surface area contributed by atoms with Crippen LogP contribution in [0.1, 0.15) is 25.3 Å². The maximum atomic E-state index is 5.71. The fraction of sp³-hybridized carbons (Fsp3) is 0.467. The number of nitrogen functional groups attached to an aromatic ring is 1. The first-order valence-corrected chi connectivity index (χ1v) is 7.66. The lowest BCUT2D eigenvalue weighted by atomic mass is 10.1. The van der Waals surface area contributed by atoms with E-state index in [1.807, 2.05) is 6.07 Å². The van der Waals surface area contributed by atoms with Gasteiger partial charge in [-0.05, 0) is 25.3 Å². The summed E-state index contributed by atoms with van der Waals surface area (Å²) in [5.74, 6) is 1.93. The van der Waals surface area contributed by atoms with Crippen LogP contribution in [0.15, 0.2) is 24.7 Å². The van der Waals surface area contributed by atoms with Crippen LogP contribution in [0.5, 0.6) is 0 Å². The van der Waals surface area contributed by atoms with E-state index < -0.39 is 0 Å². The summed E-state index contributed by atoms with van der Waals surface area (Å²) in [5, 5.41) is 3.51. The van der Waals surface area contributed by atoms with E-state index in [-0.39, 0.29) is 0 Å². The molecule has 3 rings (SSSR count). The molecular formula is C15H21N7. The van der Waals surface area contributed by atoms with Crippen molar-refractivity contribution in [3.8, 4) is 0 Å². The number of piperidine rings is 1. The topological polar surface area (TPSA) is 92.8 Å². The second-order valence-corrected chi connectivity index (χ2v) is 5.43. The van der Waals surface area contributed by atoms with E-state index in [1.165, 1.54) is 0 Å². The summed E-state index contributed by atoms with van der Waals surface area (Å²) in [6.45, 7) is 3.93. The smallest absolute Gasteiger partial charge is 0.225 e. The molecule has 2 aromatic heterocycles. The molecule has 0 bridgehead atoms. The summed E-state index contributed by atoms with van der Waals surface area (Å²) in [6, 6.07) is 2.14. The molecule has 1 saturated heterocycles. The number of rotatable bonds is 4. The normalized spacial score (nSPS) is 18.2. The molecule has 1 fully saturated rings. The molecular weight excluding hydrogens is 278 g/mol. The number of anilines is 3. The van der Waals surface area contributed by atoms with Gasteiger partial charge in [0.1, 0.15) is 5.82 Å². The number of hydrogen-bond donors (Lipinski definition) is 2. The summed E-state index contributed by atoms with van der Waals surface area (Å²) in [4.78, 5) is 19.3. The third-order valence-corrected chi connectivity index (χ3v) is 3.86. The molecule has 1 aliphatic heterocycles. The van der Waals surface area contributed by atoms with Gasteiger partial charge in [-0.25, -0.2) is 15.0 Å². The van der Waals surface area contributed by atoms with Crippen molar-refractivity contribution in [2.24, 2.45) is 0 Å². The summed E-state index contributed by atoms with van der Waals surface area (Å²) in [7, 11) is 0. The van der Waals surface area contributed by atoms with E-state index in [0.29, 0.717) is 12.0 Å². The minimum Gasteiger partial charge on any atom is -0.368 e. The second kappa shape index (κ2) is 6.55. The SMILES string of the molecule is CCc1cnc(N)nc1NC1CCCN(c2ncccn2)C1. The fourth-order valence-electron chi connectivity index (χ4n) is 2.73. The Balaban J connectivity index is 1.72. The van der Waals surface area contributed by atoms with Gasteiger partial charge in [0.25, 0.3) is 0 Å². The molecule has 0 aromatic carbocycles. The lowest BCUT2D eigenvalue weighted by molar-refractivity contribution is 0.521. The van der Waals surface area contributed by atoms with Gasteiger partial charge in [0, 0.05) is 43.3 Å². The van der Waals surface area contributed by atoms with Crippen molar-refractivity contribution in [3.05, 3.63) is 30.2 Å². The van der Waals surface area contributed by atoms with Gasteiger partial charge in [-0.2, -0.15) is 4.98 Å². The van der Waals surface area contributed by atoms with E-state index >= 15 is 0 Å². The Morgan fingerprint density at radius 3 is 2.91 bits per heavy atom. The van der Waals surface area contributed by atoms with Crippen LogP contribution in [0.4, 0.5) is 17.7 Å². The lowest BCUT2D eigenvalue weighted by Crippen LogP contribution is -2.43. The number of aromatic nitrogens is 4. The Labute approximate surface area is 130 Å². The number of hydrogen-bond acceptors (Lipinski definition) is 7. The Morgan fingerprint density at radius 2 is 2.14 bits per heavy atom. The van der Waals surface area contributed by atoms with Gasteiger partial charge in [-0.3, -0.25) is 0 Å². The summed E-state index contributed by atoms with van der Waals surface area (Å²) in [6.07, 6.45) is 8.42. The quantitative estimate of drug-likeness (QED) is 0.883. The Kier molecular flexibility index (Phi) is 4.32. The molecule has 0 radical (unpaired) electrons. The van der Waals surface area contributed by atoms with Gasteiger partial charge in [-0.1, -0.05) is 6.92 Å². The van der Waals surface area contributed by atoms with Crippen molar-refractivity contribution in [3.63, 3.8) is 0 Å². The summed E-state index contributed by atoms with van der Waals surface area (Å²) >= 11 is 0. The zero-order valence-corrected chi connectivity index (χ0v) is 12.7. The zero-order valence-electron chi connectivity index (χ0n) is 12.7. The van der Waals surface area contributed by atoms with Crippen LogP contribution in [0, 0.1) is 0 Å². The van der Waals surface area contributed by atoms with E-state index in [1.54, 1.807) is 18.6 Å². The van der Waals surface area contributed by atoms with Crippen LogP contribution in [0.2, 0.25) is 0 Å². The molecule has 0 saturated carbocycles. The predicted molar refractivity (Wildman–Crippen MR) is 86.7 cm³/mol. The minimum atomic E-state index is 0.303. The van der Waals surface area contributed by atoms with E-state index in [2.05, 4.69) is 37.1 Å². The third-order valence-electron chi connectivity index (χ3n) is 3.86. The largest absolute Gasteiger partial charge is 0.368 e. The number of nitrogens with zero attached hydrogens (tertiary/aromatic N) is 5. The van der Waals surface area contributed by atoms with Crippen LogP contribution in [0.3, 0.4) is 0 Å². The van der Waals surface area contributed by atoms with Crippen LogP contribution in [0.25, 0.3) is 0 Å². The van der Waals surface area contributed by atoms with Crippen LogP contribution < -0.4 is 16.0 Å². The molecule has 3 N–H and O–H groups in total. The molecule has 0 spiro atoms. The van der Waals surface area contributed by atoms with Crippen molar-refractivity contribution in [2.45, 2.75) is 32.2 Å². The van der Waals surface area contributed by atoms with Crippen LogP contribution >= 0.6 is 0 Å². The molecule has 0 aliphatic carbocycles. The van der Waals surface area contributed by atoms with E-state index in [9.17, 15) is 0 Å². The van der Waals surface area contributed by atoms with Crippen molar-refractivity contribution in [1.82, 2.24) is 19.9 Å². The third kappa shape index (κ3) is 3.24. The predicted octanol–water partition coefficient (Wildman–Crippen LogP) is 1.49. The first kappa shape index (κ1) is 14.5. The maximum absolute atomic E-state index is 5.71. The molecule has 22 heavy (non-hydrogen) atoms. The highest BCUT2D eigenvalue weighted by molar-refractivity contribution is 5.47. The van der Waals surface area contributed by atoms with E-state index in [0.717, 1.165) is 49.7 Å². The van der Waals surface area contributed by atoms with Gasteiger partial charge in [0.05, 0.1) is 0 Å². The van der Waals surface area contributed by atoms with Crippen molar-refractivity contribution in [2.75, 3.05) is 29.0 Å². The highest BCUT2D eigenvalue weighted by atomic mass is 15.3. The molecule has 116 valence electrons. The first-order chi connectivity index (χ1) is 10.8. The molecule has 0 amide bonds. The maximum Gasteiger partial charge on any atom is 0.225 e. The average Bonchev–Trinajstić information content (AvgIpc) is 2.56. The lowest BCUT2D eigenvalue weighted by Gasteiger charge is -2.33. The van der Waals surface area contributed by atoms with Gasteiger partial charge >= 0.3 is 0 Å². The highest BCUT2D eigenvalue weighted by Gasteiger charge is 2.22. The summed E-state index contributed by atoms with van der Waals surface area (Å²) in [5.41, 5.74) is 6.80. The van der Waals surface area contributed by atoms with Crippen LogP contribution in [-0.2, 0) is 6.42 Å².